The Kier molecular flexibility index (Phi) is 3.82. The predicted molar refractivity (Wildman–Crippen MR) is 88.0 cm³/mol. The van der Waals surface area contributed by atoms with E-state index in [-0.39, 0.29) is 5.82 Å². The van der Waals surface area contributed by atoms with Crippen molar-refractivity contribution >= 4 is 48.5 Å². The average molecular weight is 412 g/mol. The molecule has 0 fully saturated rings. The second-order valence-corrected chi connectivity index (χ2v) is 6.15. The minimum Gasteiger partial charge on any atom is -0.454 e. The van der Waals surface area contributed by atoms with E-state index >= 15 is 0 Å². The van der Waals surface area contributed by atoms with E-state index in [1.54, 1.807) is 24.4 Å². The third kappa shape index (κ3) is 2.87. The number of hydrogen-bond acceptors (Lipinski definition) is 3. The molecule has 3 aromatic rings. The lowest BCUT2D eigenvalue weighted by Crippen LogP contribution is -1.93. The first-order valence-electron chi connectivity index (χ1n) is 6.01. The number of aromatic nitrogens is 1. The van der Waals surface area contributed by atoms with Gasteiger partial charge in [-0.25, -0.2) is 4.39 Å². The molecular weight excluding hydrogens is 403 g/mol. The van der Waals surface area contributed by atoms with Crippen molar-refractivity contribution in [1.82, 2.24) is 4.98 Å². The van der Waals surface area contributed by atoms with Crippen molar-refractivity contribution in [3.8, 4) is 11.5 Å². The van der Waals surface area contributed by atoms with Gasteiger partial charge in [-0.2, -0.15) is 0 Å². The van der Waals surface area contributed by atoms with Crippen LogP contribution in [0.25, 0.3) is 10.9 Å². The van der Waals surface area contributed by atoms with Crippen molar-refractivity contribution in [2.75, 3.05) is 5.73 Å². The molecule has 0 unspecified atom stereocenters. The normalized spacial score (nSPS) is 10.8. The predicted octanol–water partition coefficient (Wildman–Crippen LogP) is 5.27. The molecule has 3 nitrogen and oxygen atoms in total. The maximum Gasteiger partial charge on any atom is 0.153 e. The number of nitrogen functional groups attached to an aromatic ring is 1. The lowest BCUT2D eigenvalue weighted by Gasteiger charge is -2.11. The summed E-state index contributed by atoms with van der Waals surface area (Å²) < 4.78 is 20.3. The molecular formula is C15H9Br2FN2O. The number of nitrogens with zero attached hydrogens (tertiary/aromatic N) is 1. The molecule has 2 N–H and O–H groups in total. The van der Waals surface area contributed by atoms with E-state index in [1.165, 1.54) is 12.1 Å². The van der Waals surface area contributed by atoms with Crippen molar-refractivity contribution in [1.29, 1.82) is 0 Å². The third-order valence-corrected chi connectivity index (χ3v) is 3.98. The molecule has 0 saturated heterocycles. The largest absolute Gasteiger partial charge is 0.454 e. The summed E-state index contributed by atoms with van der Waals surface area (Å²) in [5, 5.41) is 0.792. The second kappa shape index (κ2) is 5.61. The SMILES string of the molecule is Nc1ccc(Oc2ccc(F)cc2Br)c2ncc(Br)cc12. The molecule has 0 aliphatic rings. The molecule has 1 aromatic heterocycles. The fourth-order valence-corrected chi connectivity index (χ4v) is 2.71. The first-order valence-corrected chi connectivity index (χ1v) is 7.60. The quantitative estimate of drug-likeness (QED) is 0.584. The standard InChI is InChI=1S/C15H9Br2FN2O/c16-8-5-10-12(19)2-4-14(15(10)20-7-8)21-13-3-1-9(18)6-11(13)17/h1-7H,19H2. The van der Waals surface area contributed by atoms with Crippen LogP contribution in [0, 0.1) is 5.82 Å². The molecule has 6 heteroatoms. The Bertz CT molecular complexity index is 839. The second-order valence-electron chi connectivity index (χ2n) is 4.38. The molecule has 0 saturated carbocycles. The first-order chi connectivity index (χ1) is 10.0. The van der Waals surface area contributed by atoms with Gasteiger partial charge in [0.1, 0.15) is 17.1 Å². The number of ether oxygens (including phenoxy) is 1. The Hall–Kier alpha value is -1.66. The van der Waals surface area contributed by atoms with Gasteiger partial charge in [0.15, 0.2) is 5.75 Å². The van der Waals surface area contributed by atoms with Crippen molar-refractivity contribution in [3.63, 3.8) is 0 Å². The molecule has 0 atom stereocenters. The van der Waals surface area contributed by atoms with Crippen LogP contribution in [0.3, 0.4) is 0 Å². The van der Waals surface area contributed by atoms with Gasteiger partial charge in [-0.15, -0.1) is 0 Å². The van der Waals surface area contributed by atoms with Crippen LogP contribution in [-0.4, -0.2) is 4.98 Å². The molecule has 21 heavy (non-hydrogen) atoms. The van der Waals surface area contributed by atoms with E-state index in [4.69, 9.17) is 10.5 Å². The summed E-state index contributed by atoms with van der Waals surface area (Å²) in [4.78, 5) is 4.34. The number of anilines is 1. The Balaban J connectivity index is 2.11. The number of nitrogens with two attached hydrogens (primary N) is 1. The number of rotatable bonds is 2. The molecule has 106 valence electrons. The van der Waals surface area contributed by atoms with E-state index in [2.05, 4.69) is 36.8 Å². The molecule has 0 spiro atoms. The first kappa shape index (κ1) is 14.3. The van der Waals surface area contributed by atoms with Gasteiger partial charge in [0, 0.05) is 21.7 Å². The summed E-state index contributed by atoms with van der Waals surface area (Å²) in [6.07, 6.45) is 1.67. The smallest absolute Gasteiger partial charge is 0.153 e. The molecule has 0 amide bonds. The van der Waals surface area contributed by atoms with Gasteiger partial charge in [-0.05, 0) is 68.3 Å². The molecule has 0 bridgehead atoms. The maximum atomic E-state index is 13.1. The summed E-state index contributed by atoms with van der Waals surface area (Å²) in [5.41, 5.74) is 7.22. The molecule has 0 aliphatic heterocycles. The Labute approximate surface area is 137 Å². The summed E-state index contributed by atoms with van der Waals surface area (Å²) in [7, 11) is 0. The van der Waals surface area contributed by atoms with Crippen LogP contribution in [0.5, 0.6) is 11.5 Å². The van der Waals surface area contributed by atoms with Crippen molar-refractivity contribution in [3.05, 3.63) is 57.4 Å². The number of fused-ring (bicyclic) bond motifs is 1. The van der Waals surface area contributed by atoms with E-state index in [9.17, 15) is 4.39 Å². The van der Waals surface area contributed by atoms with Crippen molar-refractivity contribution in [2.45, 2.75) is 0 Å². The highest BCUT2D eigenvalue weighted by Gasteiger charge is 2.10. The Morgan fingerprint density at radius 1 is 1.05 bits per heavy atom. The van der Waals surface area contributed by atoms with Gasteiger partial charge in [0.2, 0.25) is 0 Å². The molecule has 1 heterocycles. The van der Waals surface area contributed by atoms with Crippen LogP contribution < -0.4 is 10.5 Å². The van der Waals surface area contributed by atoms with E-state index in [1.807, 2.05) is 6.07 Å². The Morgan fingerprint density at radius 2 is 1.81 bits per heavy atom. The fourth-order valence-electron chi connectivity index (χ4n) is 1.95. The Morgan fingerprint density at radius 3 is 2.57 bits per heavy atom. The van der Waals surface area contributed by atoms with Crippen LogP contribution in [-0.2, 0) is 0 Å². The molecule has 0 aliphatic carbocycles. The van der Waals surface area contributed by atoms with Gasteiger partial charge in [-0.3, -0.25) is 4.98 Å². The number of hydrogen-bond donors (Lipinski definition) is 1. The zero-order valence-corrected chi connectivity index (χ0v) is 13.8. The summed E-state index contributed by atoms with van der Waals surface area (Å²) in [6, 6.07) is 9.62. The average Bonchev–Trinajstić information content (AvgIpc) is 2.45. The summed E-state index contributed by atoms with van der Waals surface area (Å²) in [6.45, 7) is 0. The van der Waals surface area contributed by atoms with Crippen LogP contribution in [0.15, 0.2) is 51.5 Å². The zero-order valence-electron chi connectivity index (χ0n) is 10.6. The van der Waals surface area contributed by atoms with Crippen LogP contribution in [0.1, 0.15) is 0 Å². The van der Waals surface area contributed by atoms with Gasteiger partial charge < -0.3 is 10.5 Å². The number of halogens is 3. The third-order valence-electron chi connectivity index (χ3n) is 2.93. The van der Waals surface area contributed by atoms with E-state index in [0.717, 1.165) is 9.86 Å². The van der Waals surface area contributed by atoms with E-state index < -0.39 is 0 Å². The fraction of sp³-hybridized carbons (Fsp3) is 0. The highest BCUT2D eigenvalue weighted by molar-refractivity contribution is 9.10. The van der Waals surface area contributed by atoms with Crippen molar-refractivity contribution < 1.29 is 9.13 Å². The van der Waals surface area contributed by atoms with Crippen LogP contribution in [0.2, 0.25) is 0 Å². The minimum atomic E-state index is -0.335. The zero-order chi connectivity index (χ0) is 15.0. The van der Waals surface area contributed by atoms with Crippen molar-refractivity contribution in [2.24, 2.45) is 0 Å². The summed E-state index contributed by atoms with van der Waals surface area (Å²) in [5.74, 6) is 0.727. The lowest BCUT2D eigenvalue weighted by atomic mass is 10.1. The highest BCUT2D eigenvalue weighted by Crippen LogP contribution is 2.36. The minimum absolute atomic E-state index is 0.335. The molecule has 0 radical (unpaired) electrons. The van der Waals surface area contributed by atoms with Gasteiger partial charge in [0.25, 0.3) is 0 Å². The van der Waals surface area contributed by atoms with E-state index in [0.29, 0.717) is 27.2 Å². The van der Waals surface area contributed by atoms with Crippen LogP contribution >= 0.6 is 31.9 Å². The molecule has 2 aromatic carbocycles. The number of benzene rings is 2. The summed E-state index contributed by atoms with van der Waals surface area (Å²) >= 11 is 6.65. The van der Waals surface area contributed by atoms with Gasteiger partial charge in [0.05, 0.1) is 4.47 Å². The lowest BCUT2D eigenvalue weighted by molar-refractivity contribution is 0.481. The number of pyridine rings is 1. The topological polar surface area (TPSA) is 48.1 Å². The van der Waals surface area contributed by atoms with Gasteiger partial charge in [-0.1, -0.05) is 0 Å². The highest BCUT2D eigenvalue weighted by atomic mass is 79.9. The van der Waals surface area contributed by atoms with Crippen LogP contribution in [0.4, 0.5) is 10.1 Å². The van der Waals surface area contributed by atoms with Gasteiger partial charge >= 0.3 is 0 Å². The maximum absolute atomic E-state index is 13.1. The monoisotopic (exact) mass is 410 g/mol. The molecule has 3 rings (SSSR count).